The quantitative estimate of drug-likeness (QED) is 0.228. The molecule has 6 nitrogen and oxygen atoms in total. The molecule has 0 spiro atoms. The van der Waals surface area contributed by atoms with Gasteiger partial charge in [0.25, 0.3) is 0 Å². The van der Waals surface area contributed by atoms with Gasteiger partial charge < -0.3 is 20.5 Å². The third kappa shape index (κ3) is 2.57. The first-order valence-electron chi connectivity index (χ1n) is 3.22. The van der Waals surface area contributed by atoms with Crippen LogP contribution in [0.1, 0.15) is 6.92 Å². The minimum Gasteiger partial charge on any atom is -0.411 e. The maximum atomic E-state index is 10.5. The number of hydrogen-bond donors (Lipinski definition) is 4. The molecule has 0 rings (SSSR count). The fraction of sp³-hybridized carbons (Fsp3) is 0.667. The Bertz CT molecular complexity index is 190. The van der Waals surface area contributed by atoms with E-state index in [1.807, 2.05) is 0 Å². The highest BCUT2D eigenvalue weighted by Gasteiger charge is 2.25. The molecule has 0 heterocycles. The van der Waals surface area contributed by atoms with Crippen molar-refractivity contribution in [3.63, 3.8) is 0 Å². The van der Waals surface area contributed by atoms with Crippen LogP contribution in [0.25, 0.3) is 0 Å². The van der Waals surface area contributed by atoms with Crippen molar-refractivity contribution in [1.82, 2.24) is 0 Å². The fourth-order valence-electron chi connectivity index (χ4n) is 0.589. The second-order valence-electron chi connectivity index (χ2n) is 2.25. The van der Waals surface area contributed by atoms with Crippen LogP contribution in [-0.2, 0) is 4.79 Å². The topological polar surface area (TPSA) is 110 Å². The predicted molar refractivity (Wildman–Crippen MR) is 39.0 cm³/mol. The molecule has 0 bridgehead atoms. The number of rotatable bonds is 4. The Balaban J connectivity index is 4.36. The Morgan fingerprint density at radius 3 is 2.17 bits per heavy atom. The van der Waals surface area contributed by atoms with E-state index in [1.165, 1.54) is 0 Å². The van der Waals surface area contributed by atoms with Gasteiger partial charge in [0.1, 0.15) is 17.9 Å². The smallest absolute Gasteiger partial charge is 0.161 e. The maximum Gasteiger partial charge on any atom is 0.161 e. The molecule has 0 radical (unpaired) electrons. The number of ketones is 1. The van der Waals surface area contributed by atoms with Gasteiger partial charge in [-0.05, 0) is 6.92 Å². The minimum atomic E-state index is -1.66. The van der Waals surface area contributed by atoms with E-state index in [9.17, 15) is 4.79 Å². The summed E-state index contributed by atoms with van der Waals surface area (Å²) in [4.78, 5) is 10.5. The highest BCUT2D eigenvalue weighted by Crippen LogP contribution is 1.97. The predicted octanol–water partition coefficient (Wildman–Crippen LogP) is -1.88. The first kappa shape index (κ1) is 11.0. The molecular weight excluding hydrogens is 166 g/mol. The van der Waals surface area contributed by atoms with Crippen LogP contribution in [0.5, 0.6) is 0 Å². The van der Waals surface area contributed by atoms with Crippen LogP contribution in [0.4, 0.5) is 0 Å². The minimum absolute atomic E-state index is 0.447. The Hall–Kier alpha value is -0.980. The van der Waals surface area contributed by atoms with Crippen molar-refractivity contribution in [2.24, 2.45) is 5.16 Å². The van der Waals surface area contributed by atoms with Gasteiger partial charge in [-0.3, -0.25) is 4.79 Å². The lowest BCUT2D eigenvalue weighted by atomic mass is 10.1. The highest BCUT2D eigenvalue weighted by atomic mass is 16.4. The van der Waals surface area contributed by atoms with Crippen LogP contribution < -0.4 is 0 Å². The summed E-state index contributed by atoms with van der Waals surface area (Å²) >= 11 is 0. The zero-order valence-electron chi connectivity index (χ0n) is 6.51. The van der Waals surface area contributed by atoms with Gasteiger partial charge in [0.15, 0.2) is 5.78 Å². The molecule has 0 amide bonds. The summed E-state index contributed by atoms with van der Waals surface area (Å²) in [5, 5.41) is 37.1. The van der Waals surface area contributed by atoms with Crippen molar-refractivity contribution in [2.75, 3.05) is 6.61 Å². The van der Waals surface area contributed by atoms with Crippen molar-refractivity contribution in [1.29, 1.82) is 0 Å². The van der Waals surface area contributed by atoms with Crippen molar-refractivity contribution in [2.45, 2.75) is 19.1 Å². The van der Waals surface area contributed by atoms with Gasteiger partial charge in [0.05, 0.1) is 6.61 Å². The van der Waals surface area contributed by atoms with Gasteiger partial charge in [-0.15, -0.1) is 0 Å². The third-order valence-corrected chi connectivity index (χ3v) is 1.35. The van der Waals surface area contributed by atoms with Gasteiger partial charge in [0, 0.05) is 0 Å². The van der Waals surface area contributed by atoms with E-state index in [0.29, 0.717) is 0 Å². The summed E-state index contributed by atoms with van der Waals surface area (Å²) in [6, 6.07) is 0. The molecule has 0 saturated heterocycles. The number of carbonyl (C=O) groups excluding carboxylic acids is 1. The van der Waals surface area contributed by atoms with Gasteiger partial charge in [-0.2, -0.15) is 0 Å². The lowest BCUT2D eigenvalue weighted by molar-refractivity contribution is -0.128. The molecule has 0 aromatic carbocycles. The van der Waals surface area contributed by atoms with Crippen molar-refractivity contribution in [3.05, 3.63) is 0 Å². The summed E-state index contributed by atoms with van der Waals surface area (Å²) in [6.07, 6.45) is -3.32. The van der Waals surface area contributed by atoms with Crippen LogP contribution >= 0.6 is 0 Å². The van der Waals surface area contributed by atoms with E-state index in [0.717, 1.165) is 6.92 Å². The lowest BCUT2D eigenvalue weighted by Crippen LogP contribution is -2.40. The summed E-state index contributed by atoms with van der Waals surface area (Å²) < 4.78 is 0. The molecule has 70 valence electrons. The van der Waals surface area contributed by atoms with E-state index >= 15 is 0 Å². The zero-order chi connectivity index (χ0) is 9.72. The van der Waals surface area contributed by atoms with E-state index < -0.39 is 30.3 Å². The normalized spacial score (nSPS) is 17.2. The molecule has 0 fully saturated rings. The average Bonchev–Trinajstić information content (AvgIpc) is 2.05. The van der Waals surface area contributed by atoms with Gasteiger partial charge in [0.2, 0.25) is 0 Å². The highest BCUT2D eigenvalue weighted by molar-refractivity contribution is 5.95. The molecule has 0 aliphatic rings. The number of aliphatic hydroxyl groups is 3. The molecule has 4 N–H and O–H groups in total. The number of hydrogen-bond acceptors (Lipinski definition) is 6. The average molecular weight is 177 g/mol. The number of nitrogens with zero attached hydrogens (tertiary/aromatic N) is 1. The Morgan fingerprint density at radius 1 is 1.42 bits per heavy atom. The molecule has 2 atom stereocenters. The molecule has 0 aliphatic carbocycles. The summed E-state index contributed by atoms with van der Waals surface area (Å²) in [7, 11) is 0. The van der Waals surface area contributed by atoms with Gasteiger partial charge in [-0.1, -0.05) is 5.16 Å². The molecule has 12 heavy (non-hydrogen) atoms. The van der Waals surface area contributed by atoms with Crippen LogP contribution in [0.2, 0.25) is 0 Å². The van der Waals surface area contributed by atoms with Crippen molar-refractivity contribution < 1.29 is 25.3 Å². The molecule has 0 unspecified atom stereocenters. The SMILES string of the molecule is CC(=O)[C@H](O)[C@H](O)/C(CO)=N\O. The lowest BCUT2D eigenvalue weighted by Gasteiger charge is -2.14. The monoisotopic (exact) mass is 177 g/mol. The largest absolute Gasteiger partial charge is 0.411 e. The van der Waals surface area contributed by atoms with Gasteiger partial charge in [-0.25, -0.2) is 0 Å². The number of oxime groups is 1. The van der Waals surface area contributed by atoms with Crippen LogP contribution in [0.15, 0.2) is 5.16 Å². The molecule has 0 aliphatic heterocycles. The Morgan fingerprint density at radius 2 is 1.92 bits per heavy atom. The van der Waals surface area contributed by atoms with E-state index in [4.69, 9.17) is 20.5 Å². The van der Waals surface area contributed by atoms with Crippen molar-refractivity contribution >= 4 is 11.5 Å². The molecule has 0 saturated carbocycles. The van der Waals surface area contributed by atoms with Gasteiger partial charge >= 0.3 is 0 Å². The Kier molecular flexibility index (Phi) is 4.42. The molecular formula is C6H11NO5. The van der Waals surface area contributed by atoms with Crippen LogP contribution in [0.3, 0.4) is 0 Å². The van der Waals surface area contributed by atoms with Crippen molar-refractivity contribution in [3.8, 4) is 0 Å². The zero-order valence-corrected chi connectivity index (χ0v) is 6.51. The Labute approximate surface area is 68.8 Å². The first-order valence-corrected chi connectivity index (χ1v) is 3.22. The summed E-state index contributed by atoms with van der Waals surface area (Å²) in [6.45, 7) is 0.349. The van der Waals surface area contributed by atoms with Crippen LogP contribution in [0, 0.1) is 0 Å². The molecule has 0 aromatic rings. The first-order chi connectivity index (χ1) is 5.54. The fourth-order valence-corrected chi connectivity index (χ4v) is 0.589. The number of aliphatic hydroxyl groups excluding tert-OH is 3. The molecule has 6 heteroatoms. The number of carbonyl (C=O) groups is 1. The second kappa shape index (κ2) is 4.81. The third-order valence-electron chi connectivity index (χ3n) is 1.35. The van der Waals surface area contributed by atoms with E-state index in [2.05, 4.69) is 5.16 Å². The molecule has 0 aromatic heterocycles. The second-order valence-corrected chi connectivity index (χ2v) is 2.25. The van der Waals surface area contributed by atoms with E-state index in [-0.39, 0.29) is 0 Å². The maximum absolute atomic E-state index is 10.5. The summed E-state index contributed by atoms with van der Waals surface area (Å²) in [5.74, 6) is -0.669. The summed E-state index contributed by atoms with van der Waals surface area (Å²) in [5.41, 5.74) is -0.447. The van der Waals surface area contributed by atoms with Crippen LogP contribution in [-0.4, -0.2) is 50.8 Å². The number of Topliss-reactive ketones (excluding diaryl/α,β-unsaturated/α-hetero) is 1. The van der Waals surface area contributed by atoms with E-state index in [1.54, 1.807) is 0 Å². The standard InChI is InChI=1S/C6H11NO5/c1-3(9)5(10)6(11)4(2-8)7-12/h5-6,8,10-12H,2H2,1H3/b7-4-/t5-,6+/m0/s1.